The summed E-state index contributed by atoms with van der Waals surface area (Å²) in [6, 6.07) is 5.07. The van der Waals surface area contributed by atoms with Crippen LogP contribution in [0.1, 0.15) is 23.2 Å². The summed E-state index contributed by atoms with van der Waals surface area (Å²) < 4.78 is 39.8. The van der Waals surface area contributed by atoms with Crippen LogP contribution in [0.4, 0.5) is 18.9 Å². The molecule has 3 rings (SSSR count). The lowest BCUT2D eigenvalue weighted by molar-refractivity contribution is -0.121. The second kappa shape index (κ2) is 7.55. The summed E-state index contributed by atoms with van der Waals surface area (Å²) in [4.78, 5) is 30.1. The Kier molecular flexibility index (Phi) is 5.20. The number of anilines is 1. The SMILES string of the molecule is O=C(Nc1ccc(F)c(F)c1F)C1CCN(C(=O)c2cccnc2)CC1. The first-order chi connectivity index (χ1) is 12.5. The number of aromatic nitrogens is 1. The molecule has 1 aliphatic rings. The zero-order valence-corrected chi connectivity index (χ0v) is 13.7. The van der Waals surface area contributed by atoms with E-state index >= 15 is 0 Å². The van der Waals surface area contributed by atoms with E-state index in [1.165, 1.54) is 6.20 Å². The van der Waals surface area contributed by atoms with E-state index in [1.807, 2.05) is 0 Å². The Labute approximate surface area is 147 Å². The molecule has 136 valence electrons. The minimum absolute atomic E-state index is 0.163. The number of pyridine rings is 1. The first-order valence-electron chi connectivity index (χ1n) is 8.11. The predicted molar refractivity (Wildman–Crippen MR) is 87.8 cm³/mol. The summed E-state index contributed by atoms with van der Waals surface area (Å²) in [5.74, 6) is -5.46. The molecule has 5 nitrogen and oxygen atoms in total. The molecular formula is C18H16F3N3O2. The number of benzene rings is 1. The van der Waals surface area contributed by atoms with E-state index in [9.17, 15) is 22.8 Å². The molecule has 1 fully saturated rings. The van der Waals surface area contributed by atoms with Crippen molar-refractivity contribution < 1.29 is 22.8 Å². The van der Waals surface area contributed by atoms with E-state index < -0.39 is 35.0 Å². The molecule has 0 saturated carbocycles. The van der Waals surface area contributed by atoms with Crippen molar-refractivity contribution in [3.05, 3.63) is 59.7 Å². The van der Waals surface area contributed by atoms with Crippen LogP contribution in [0.15, 0.2) is 36.7 Å². The van der Waals surface area contributed by atoms with E-state index in [2.05, 4.69) is 10.3 Å². The zero-order chi connectivity index (χ0) is 18.7. The molecular weight excluding hydrogens is 347 g/mol. The normalized spacial score (nSPS) is 15.0. The number of nitrogens with one attached hydrogen (secondary N) is 1. The number of rotatable bonds is 3. The van der Waals surface area contributed by atoms with Gasteiger partial charge in [0.2, 0.25) is 5.91 Å². The number of nitrogens with zero attached hydrogens (tertiary/aromatic N) is 2. The van der Waals surface area contributed by atoms with Gasteiger partial charge in [-0.05, 0) is 37.1 Å². The van der Waals surface area contributed by atoms with Crippen molar-refractivity contribution in [2.75, 3.05) is 18.4 Å². The maximum absolute atomic E-state index is 13.7. The lowest BCUT2D eigenvalue weighted by atomic mass is 9.95. The summed E-state index contributed by atoms with van der Waals surface area (Å²) in [7, 11) is 0. The number of carbonyl (C=O) groups is 2. The highest BCUT2D eigenvalue weighted by molar-refractivity contribution is 5.95. The highest BCUT2D eigenvalue weighted by Gasteiger charge is 2.28. The van der Waals surface area contributed by atoms with Gasteiger partial charge < -0.3 is 10.2 Å². The summed E-state index contributed by atoms with van der Waals surface area (Å²) >= 11 is 0. The van der Waals surface area contributed by atoms with Crippen molar-refractivity contribution >= 4 is 17.5 Å². The van der Waals surface area contributed by atoms with Gasteiger partial charge in [0.15, 0.2) is 17.5 Å². The van der Waals surface area contributed by atoms with Gasteiger partial charge in [0.05, 0.1) is 11.3 Å². The fraction of sp³-hybridized carbons (Fsp3) is 0.278. The van der Waals surface area contributed by atoms with Gasteiger partial charge in [-0.1, -0.05) is 0 Å². The lowest BCUT2D eigenvalue weighted by Gasteiger charge is -2.31. The Morgan fingerprint density at radius 2 is 1.81 bits per heavy atom. The molecule has 2 heterocycles. The van der Waals surface area contributed by atoms with Gasteiger partial charge >= 0.3 is 0 Å². The first kappa shape index (κ1) is 17.9. The highest BCUT2D eigenvalue weighted by atomic mass is 19.2. The highest BCUT2D eigenvalue weighted by Crippen LogP contribution is 2.24. The van der Waals surface area contributed by atoms with Crippen molar-refractivity contribution in [1.29, 1.82) is 0 Å². The Morgan fingerprint density at radius 1 is 1.08 bits per heavy atom. The summed E-state index contributed by atoms with van der Waals surface area (Å²) in [5.41, 5.74) is 0.0713. The molecule has 1 saturated heterocycles. The lowest BCUT2D eigenvalue weighted by Crippen LogP contribution is -2.41. The fourth-order valence-corrected chi connectivity index (χ4v) is 2.87. The van der Waals surface area contributed by atoms with Gasteiger partial charge in [-0.2, -0.15) is 0 Å². The van der Waals surface area contributed by atoms with Crippen molar-refractivity contribution in [3.8, 4) is 0 Å². The number of hydrogen-bond donors (Lipinski definition) is 1. The first-order valence-corrected chi connectivity index (χ1v) is 8.11. The number of hydrogen-bond acceptors (Lipinski definition) is 3. The zero-order valence-electron chi connectivity index (χ0n) is 13.7. The monoisotopic (exact) mass is 363 g/mol. The smallest absolute Gasteiger partial charge is 0.255 e. The topological polar surface area (TPSA) is 62.3 Å². The van der Waals surface area contributed by atoms with Crippen molar-refractivity contribution in [2.45, 2.75) is 12.8 Å². The predicted octanol–water partition coefficient (Wildman–Crippen LogP) is 2.99. The van der Waals surface area contributed by atoms with E-state index in [0.717, 1.165) is 12.1 Å². The Hall–Kier alpha value is -2.90. The third-order valence-corrected chi connectivity index (χ3v) is 4.35. The van der Waals surface area contributed by atoms with Gasteiger partial charge in [0.25, 0.3) is 5.91 Å². The third-order valence-electron chi connectivity index (χ3n) is 4.35. The van der Waals surface area contributed by atoms with E-state index in [-0.39, 0.29) is 5.91 Å². The van der Waals surface area contributed by atoms with Gasteiger partial charge in [0.1, 0.15) is 0 Å². The second-order valence-corrected chi connectivity index (χ2v) is 6.02. The second-order valence-electron chi connectivity index (χ2n) is 6.02. The maximum Gasteiger partial charge on any atom is 0.255 e. The molecule has 26 heavy (non-hydrogen) atoms. The van der Waals surface area contributed by atoms with Gasteiger partial charge in [-0.3, -0.25) is 14.6 Å². The number of piperidine rings is 1. The summed E-state index contributed by atoms with van der Waals surface area (Å²) in [6.07, 6.45) is 3.84. The molecule has 0 bridgehead atoms. The van der Waals surface area contributed by atoms with E-state index in [0.29, 0.717) is 31.5 Å². The van der Waals surface area contributed by atoms with Crippen molar-refractivity contribution in [1.82, 2.24) is 9.88 Å². The Balaban J connectivity index is 1.59. The molecule has 0 aliphatic carbocycles. The van der Waals surface area contributed by atoms with Gasteiger partial charge in [-0.25, -0.2) is 13.2 Å². The van der Waals surface area contributed by atoms with Crippen molar-refractivity contribution in [2.24, 2.45) is 5.92 Å². The molecule has 0 radical (unpaired) electrons. The number of carbonyl (C=O) groups excluding carboxylic acids is 2. The number of halogens is 3. The van der Waals surface area contributed by atoms with Crippen LogP contribution in [0.25, 0.3) is 0 Å². The third kappa shape index (κ3) is 3.68. The molecule has 1 N–H and O–H groups in total. The molecule has 1 aromatic carbocycles. The number of amides is 2. The van der Waals surface area contributed by atoms with Crippen LogP contribution < -0.4 is 5.32 Å². The van der Waals surface area contributed by atoms with E-state index in [4.69, 9.17) is 0 Å². The molecule has 1 aliphatic heterocycles. The maximum atomic E-state index is 13.7. The van der Waals surface area contributed by atoms with Gasteiger partial charge in [0, 0.05) is 31.4 Å². The molecule has 8 heteroatoms. The summed E-state index contributed by atoms with van der Waals surface area (Å²) in [5, 5.41) is 2.29. The quantitative estimate of drug-likeness (QED) is 0.853. The fourth-order valence-electron chi connectivity index (χ4n) is 2.87. The summed E-state index contributed by atoms with van der Waals surface area (Å²) in [6.45, 7) is 0.734. The van der Waals surface area contributed by atoms with Crippen LogP contribution >= 0.6 is 0 Å². The average Bonchev–Trinajstić information content (AvgIpc) is 2.68. The van der Waals surface area contributed by atoms with Crippen LogP contribution in [-0.2, 0) is 4.79 Å². The molecule has 2 aromatic rings. The largest absolute Gasteiger partial charge is 0.339 e. The van der Waals surface area contributed by atoms with Crippen molar-refractivity contribution in [3.63, 3.8) is 0 Å². The molecule has 0 unspecified atom stereocenters. The number of likely N-dealkylation sites (tertiary alicyclic amines) is 1. The molecule has 1 aromatic heterocycles. The Bertz CT molecular complexity index is 822. The Morgan fingerprint density at radius 3 is 2.46 bits per heavy atom. The van der Waals surface area contributed by atoms with Crippen LogP contribution in [0, 0.1) is 23.4 Å². The molecule has 2 amide bonds. The van der Waals surface area contributed by atoms with Crippen LogP contribution in [0.3, 0.4) is 0 Å². The van der Waals surface area contributed by atoms with Crippen LogP contribution in [0.5, 0.6) is 0 Å². The minimum Gasteiger partial charge on any atom is -0.339 e. The van der Waals surface area contributed by atoms with Crippen LogP contribution in [0.2, 0.25) is 0 Å². The average molecular weight is 363 g/mol. The van der Waals surface area contributed by atoms with Gasteiger partial charge in [-0.15, -0.1) is 0 Å². The molecule has 0 spiro atoms. The standard InChI is InChI=1S/C18H16F3N3O2/c19-13-3-4-14(16(21)15(13)20)23-17(25)11-5-8-24(9-6-11)18(26)12-2-1-7-22-10-12/h1-4,7,10-11H,5-6,8-9H2,(H,23,25). The van der Waals surface area contributed by atoms with E-state index in [1.54, 1.807) is 23.2 Å². The minimum atomic E-state index is -1.63. The van der Waals surface area contributed by atoms with Crippen LogP contribution in [-0.4, -0.2) is 34.8 Å². The molecule has 0 atom stereocenters.